The lowest BCUT2D eigenvalue weighted by molar-refractivity contribution is -0.167. The van der Waals surface area contributed by atoms with Crippen molar-refractivity contribution in [2.45, 2.75) is 309 Å². The fraction of sp³-hybridized carbons (Fsp3) is 0.704. The first-order valence-corrected chi connectivity index (χ1v) is 32.4. The van der Waals surface area contributed by atoms with Crippen LogP contribution in [-0.4, -0.2) is 37.2 Å². The van der Waals surface area contributed by atoms with Crippen LogP contribution in [0.3, 0.4) is 0 Å². The number of allylic oxidation sites excluding steroid dienone is 18. The summed E-state index contributed by atoms with van der Waals surface area (Å²) in [4.78, 5) is 38.3. The van der Waals surface area contributed by atoms with Crippen LogP contribution >= 0.6 is 0 Å². The highest BCUT2D eigenvalue weighted by atomic mass is 16.6. The molecule has 0 rings (SSSR count). The minimum atomic E-state index is -0.795. The molecule has 0 aliphatic rings. The molecule has 6 heteroatoms. The lowest BCUT2D eigenvalue weighted by Gasteiger charge is -2.18. The molecule has 1 atom stereocenters. The summed E-state index contributed by atoms with van der Waals surface area (Å²) in [6.07, 6.45) is 88.1. The number of carbonyl (C=O) groups is 3. The molecule has 0 saturated heterocycles. The molecule has 0 bridgehead atoms. The molecule has 0 N–H and O–H groups in total. The first kappa shape index (κ1) is 73.1. The van der Waals surface area contributed by atoms with Crippen molar-refractivity contribution in [2.24, 2.45) is 0 Å². The zero-order valence-electron chi connectivity index (χ0n) is 50.4. The van der Waals surface area contributed by atoms with Crippen molar-refractivity contribution in [3.8, 4) is 0 Å². The largest absolute Gasteiger partial charge is 0.462 e. The summed E-state index contributed by atoms with van der Waals surface area (Å²) in [5.74, 6) is -0.914. The summed E-state index contributed by atoms with van der Waals surface area (Å²) in [5.41, 5.74) is 0. The molecule has 0 saturated carbocycles. The molecule has 0 aliphatic heterocycles. The molecule has 0 radical (unpaired) electrons. The molecular formula is C71H120O6. The molecule has 0 heterocycles. The average Bonchev–Trinajstić information content (AvgIpc) is 3.43. The van der Waals surface area contributed by atoms with Gasteiger partial charge in [0.05, 0.1) is 0 Å². The zero-order chi connectivity index (χ0) is 55.7. The van der Waals surface area contributed by atoms with Crippen molar-refractivity contribution in [1.29, 1.82) is 0 Å². The van der Waals surface area contributed by atoms with Gasteiger partial charge in [0, 0.05) is 19.3 Å². The molecule has 6 nitrogen and oxygen atoms in total. The van der Waals surface area contributed by atoms with E-state index in [9.17, 15) is 14.4 Å². The Morgan fingerprint density at radius 2 is 0.532 bits per heavy atom. The molecule has 0 amide bonds. The molecule has 0 aromatic carbocycles. The van der Waals surface area contributed by atoms with Gasteiger partial charge in [0.1, 0.15) is 13.2 Å². The Kier molecular flexibility index (Phi) is 61.3. The summed E-state index contributed by atoms with van der Waals surface area (Å²) >= 11 is 0. The number of carbonyl (C=O) groups excluding carboxylic acids is 3. The third-order valence-electron chi connectivity index (χ3n) is 13.7. The van der Waals surface area contributed by atoms with Gasteiger partial charge >= 0.3 is 17.9 Å². The third-order valence-corrected chi connectivity index (χ3v) is 13.7. The standard InChI is InChI=1S/C71H120O6/c1-4-7-10-13-16-19-22-25-27-29-31-32-33-34-35-36-37-38-40-41-43-46-49-52-55-58-61-64-70(73)76-67-68(66-75-69(72)63-60-57-54-51-48-45-24-21-18-15-12-9-6-3)77-71(74)65-62-59-56-53-50-47-44-42-39-30-28-26-23-20-17-14-11-8-5-2/h8,11-12,15,17,20-22,24-26,28-29,31,33-34,39,42,68H,4-7,9-10,13-14,16,18-19,23,27,30,32,35-38,40-41,43-67H2,1-3H3/b11-8-,15-12-,20-17-,24-21-,25-22-,28-26-,31-29-,34-33-,42-39-. The van der Waals surface area contributed by atoms with Crippen LogP contribution in [0.2, 0.25) is 0 Å². The Balaban J connectivity index is 4.32. The maximum atomic E-state index is 12.9. The van der Waals surface area contributed by atoms with Crippen LogP contribution < -0.4 is 0 Å². The number of unbranched alkanes of at least 4 members (excludes halogenated alkanes) is 29. The second-order valence-corrected chi connectivity index (χ2v) is 21.3. The minimum Gasteiger partial charge on any atom is -0.462 e. The second-order valence-electron chi connectivity index (χ2n) is 21.3. The molecule has 0 spiro atoms. The van der Waals surface area contributed by atoms with E-state index in [0.29, 0.717) is 19.3 Å². The monoisotopic (exact) mass is 1070 g/mol. The van der Waals surface area contributed by atoms with E-state index in [-0.39, 0.29) is 31.1 Å². The molecule has 77 heavy (non-hydrogen) atoms. The Bertz CT molecular complexity index is 1560. The number of rotatable bonds is 58. The van der Waals surface area contributed by atoms with Gasteiger partial charge in [-0.05, 0) is 122 Å². The van der Waals surface area contributed by atoms with Gasteiger partial charge in [-0.15, -0.1) is 0 Å². The molecule has 0 fully saturated rings. The number of hydrogen-bond donors (Lipinski definition) is 0. The van der Waals surface area contributed by atoms with Crippen LogP contribution in [-0.2, 0) is 28.6 Å². The zero-order valence-corrected chi connectivity index (χ0v) is 50.4. The number of esters is 3. The van der Waals surface area contributed by atoms with Crippen LogP contribution in [0, 0.1) is 0 Å². The third kappa shape index (κ3) is 62.8. The van der Waals surface area contributed by atoms with Crippen LogP contribution in [0.1, 0.15) is 303 Å². The fourth-order valence-electron chi connectivity index (χ4n) is 8.89. The first-order chi connectivity index (χ1) is 38.0. The van der Waals surface area contributed by atoms with Crippen molar-refractivity contribution >= 4 is 17.9 Å². The number of ether oxygens (including phenoxy) is 3. The van der Waals surface area contributed by atoms with E-state index in [1.807, 2.05) is 0 Å². The highest BCUT2D eigenvalue weighted by molar-refractivity contribution is 5.71. The van der Waals surface area contributed by atoms with Gasteiger partial charge in [-0.25, -0.2) is 0 Å². The highest BCUT2D eigenvalue weighted by Crippen LogP contribution is 2.16. The van der Waals surface area contributed by atoms with E-state index >= 15 is 0 Å². The summed E-state index contributed by atoms with van der Waals surface area (Å²) in [6.45, 7) is 6.44. The normalized spacial score (nSPS) is 12.8. The van der Waals surface area contributed by atoms with E-state index in [0.717, 1.165) is 141 Å². The van der Waals surface area contributed by atoms with E-state index in [1.54, 1.807) is 0 Å². The van der Waals surface area contributed by atoms with Crippen LogP contribution in [0.15, 0.2) is 109 Å². The van der Waals surface area contributed by atoms with Crippen molar-refractivity contribution < 1.29 is 28.6 Å². The van der Waals surface area contributed by atoms with Crippen LogP contribution in [0.25, 0.3) is 0 Å². The second kappa shape index (κ2) is 64.6. The lowest BCUT2D eigenvalue weighted by atomic mass is 10.0. The van der Waals surface area contributed by atoms with E-state index < -0.39 is 6.10 Å². The number of hydrogen-bond acceptors (Lipinski definition) is 6. The predicted molar refractivity (Wildman–Crippen MR) is 334 cm³/mol. The Hall–Kier alpha value is -3.93. The highest BCUT2D eigenvalue weighted by Gasteiger charge is 2.19. The van der Waals surface area contributed by atoms with Gasteiger partial charge < -0.3 is 14.2 Å². The van der Waals surface area contributed by atoms with Crippen molar-refractivity contribution in [1.82, 2.24) is 0 Å². The topological polar surface area (TPSA) is 78.9 Å². The molecule has 0 aromatic heterocycles. The molecule has 1 unspecified atom stereocenters. The summed E-state index contributed by atoms with van der Waals surface area (Å²) in [6, 6.07) is 0. The van der Waals surface area contributed by atoms with E-state index in [2.05, 4.69) is 130 Å². The van der Waals surface area contributed by atoms with Gasteiger partial charge in [-0.2, -0.15) is 0 Å². The van der Waals surface area contributed by atoms with E-state index in [1.165, 1.54) is 122 Å². The smallest absolute Gasteiger partial charge is 0.306 e. The summed E-state index contributed by atoms with van der Waals surface area (Å²) in [7, 11) is 0. The van der Waals surface area contributed by atoms with Gasteiger partial charge in [0.25, 0.3) is 0 Å². The first-order valence-electron chi connectivity index (χ1n) is 32.4. The summed E-state index contributed by atoms with van der Waals surface area (Å²) in [5, 5.41) is 0. The summed E-state index contributed by atoms with van der Waals surface area (Å²) < 4.78 is 16.9. The Morgan fingerprint density at radius 3 is 0.844 bits per heavy atom. The van der Waals surface area contributed by atoms with Crippen molar-refractivity contribution in [3.63, 3.8) is 0 Å². The van der Waals surface area contributed by atoms with Crippen molar-refractivity contribution in [2.75, 3.05) is 13.2 Å². The Morgan fingerprint density at radius 1 is 0.273 bits per heavy atom. The quantitative estimate of drug-likeness (QED) is 0.0261. The SMILES string of the molecule is CC/C=C\C/C=C\C/C=C\C/C=C\CCCCCCCCC(=O)OC(COC(=O)CCCCCCC/C=C\C/C=C\CCC)COC(=O)CCCCCCCCCCCCCC/C=C\C/C=C\C/C=C\CCCCCCC. The lowest BCUT2D eigenvalue weighted by Crippen LogP contribution is -2.30. The maximum absolute atomic E-state index is 12.9. The molecule has 440 valence electrons. The molecule has 0 aliphatic carbocycles. The fourth-order valence-corrected chi connectivity index (χ4v) is 8.89. The van der Waals surface area contributed by atoms with Gasteiger partial charge in [-0.3, -0.25) is 14.4 Å². The predicted octanol–water partition coefficient (Wildman–Crippen LogP) is 22.2. The van der Waals surface area contributed by atoms with Gasteiger partial charge in [-0.1, -0.05) is 271 Å². The minimum absolute atomic E-state index is 0.0900. The molecule has 0 aromatic rings. The van der Waals surface area contributed by atoms with E-state index in [4.69, 9.17) is 14.2 Å². The maximum Gasteiger partial charge on any atom is 0.306 e. The van der Waals surface area contributed by atoms with Gasteiger partial charge in [0.2, 0.25) is 0 Å². The Labute approximate surface area is 476 Å². The van der Waals surface area contributed by atoms with Crippen LogP contribution in [0.5, 0.6) is 0 Å². The van der Waals surface area contributed by atoms with Crippen molar-refractivity contribution in [3.05, 3.63) is 109 Å². The molecular weight excluding hydrogens is 949 g/mol. The average molecular weight is 1070 g/mol. The van der Waals surface area contributed by atoms with Crippen LogP contribution in [0.4, 0.5) is 0 Å². The van der Waals surface area contributed by atoms with Gasteiger partial charge in [0.15, 0.2) is 6.10 Å².